The number of likely N-dealkylation sites (tertiary alicyclic amines) is 1. The lowest BCUT2D eigenvalue weighted by Crippen LogP contribution is -2.42. The largest absolute Gasteiger partial charge is 0.461 e. The highest BCUT2D eigenvalue weighted by Gasteiger charge is 2.39. The van der Waals surface area contributed by atoms with E-state index < -0.39 is 0 Å². The molecule has 2 aromatic carbocycles. The molecule has 0 amide bonds. The molecule has 1 saturated heterocycles. The van der Waals surface area contributed by atoms with Crippen molar-refractivity contribution < 1.29 is 13.9 Å². The summed E-state index contributed by atoms with van der Waals surface area (Å²) >= 11 is 14.2. The van der Waals surface area contributed by atoms with E-state index in [9.17, 15) is 9.18 Å². The molecule has 2 heterocycles. The van der Waals surface area contributed by atoms with Gasteiger partial charge in [-0.3, -0.25) is 9.69 Å². The van der Waals surface area contributed by atoms with Crippen LogP contribution in [0, 0.1) is 11.7 Å². The van der Waals surface area contributed by atoms with Crippen molar-refractivity contribution >= 4 is 40.5 Å². The van der Waals surface area contributed by atoms with Gasteiger partial charge in [0, 0.05) is 23.4 Å². The fourth-order valence-corrected chi connectivity index (χ4v) is 8.45. The Morgan fingerprint density at radius 3 is 2.53 bits per heavy atom. The number of ether oxygens (including phenoxy) is 1. The number of hydrogen-bond donors (Lipinski definition) is 0. The van der Waals surface area contributed by atoms with E-state index in [1.807, 2.05) is 47.5 Å². The summed E-state index contributed by atoms with van der Waals surface area (Å²) in [6, 6.07) is 12.8. The van der Waals surface area contributed by atoms with Crippen molar-refractivity contribution in [3.05, 3.63) is 85.0 Å². The molecule has 0 unspecified atom stereocenters. The average molecular weight is 675 g/mol. The zero-order valence-electron chi connectivity index (χ0n) is 27.1. The summed E-state index contributed by atoms with van der Waals surface area (Å²) in [5.41, 5.74) is 3.23. The van der Waals surface area contributed by atoms with Gasteiger partial charge in [-0.15, -0.1) is 11.3 Å². The van der Waals surface area contributed by atoms with Gasteiger partial charge in [0.15, 0.2) is 0 Å². The third kappa shape index (κ3) is 8.86. The number of aromatic nitrogens is 1. The first-order valence-corrected chi connectivity index (χ1v) is 17.8. The van der Waals surface area contributed by atoms with Crippen LogP contribution in [0.5, 0.6) is 0 Å². The minimum Gasteiger partial charge on any atom is -0.461 e. The second-order valence-electron chi connectivity index (χ2n) is 13.8. The summed E-state index contributed by atoms with van der Waals surface area (Å²) in [6.45, 7) is 11.7. The molecule has 2 aliphatic rings. The molecule has 1 aliphatic heterocycles. The number of piperidine rings is 1. The van der Waals surface area contributed by atoms with Crippen LogP contribution in [0.3, 0.4) is 0 Å². The van der Waals surface area contributed by atoms with Crippen LogP contribution in [-0.4, -0.2) is 65.6 Å². The fraction of sp³-hybridized carbons (Fsp3) is 0.556. The molecule has 45 heavy (non-hydrogen) atoms. The maximum atomic E-state index is 14.3. The Hall–Kier alpha value is -2.03. The number of likely N-dealkylation sites (N-methyl/N-ethyl adjacent to an activating group) is 1. The molecule has 9 heteroatoms. The third-order valence-corrected chi connectivity index (χ3v) is 11.6. The Labute approximate surface area is 282 Å². The molecule has 1 aromatic heterocycles. The second-order valence-corrected chi connectivity index (χ2v) is 15.7. The number of carbonyl (C=O) groups excluding carboxylic acids is 1. The molecule has 244 valence electrons. The van der Waals surface area contributed by atoms with Crippen molar-refractivity contribution in [3.8, 4) is 0 Å². The van der Waals surface area contributed by atoms with E-state index in [-0.39, 0.29) is 35.9 Å². The third-order valence-electron chi connectivity index (χ3n) is 9.64. The molecular formula is C36H46Cl2FN3O2S. The van der Waals surface area contributed by atoms with Crippen LogP contribution >= 0.6 is 34.5 Å². The highest BCUT2D eigenvalue weighted by Crippen LogP contribution is 2.43. The molecule has 0 N–H and O–H groups in total. The topological polar surface area (TPSA) is 45.7 Å². The van der Waals surface area contributed by atoms with E-state index in [1.54, 1.807) is 12.1 Å². The maximum Gasteiger partial charge on any atom is 0.320 e. The number of carbonyl (C=O) groups is 1. The zero-order valence-corrected chi connectivity index (χ0v) is 29.5. The van der Waals surface area contributed by atoms with Crippen LogP contribution in [0.2, 0.25) is 10.0 Å². The lowest BCUT2D eigenvalue weighted by Gasteiger charge is -2.34. The van der Waals surface area contributed by atoms with Crippen LogP contribution in [0.1, 0.15) is 91.9 Å². The van der Waals surface area contributed by atoms with Gasteiger partial charge in [0.1, 0.15) is 11.9 Å². The second kappa shape index (κ2) is 14.8. The molecule has 2 fully saturated rings. The summed E-state index contributed by atoms with van der Waals surface area (Å²) in [4.78, 5) is 23.9. The Morgan fingerprint density at radius 2 is 1.87 bits per heavy atom. The Bertz CT molecular complexity index is 1470. The fourth-order valence-electron chi connectivity index (χ4n) is 6.77. The summed E-state index contributed by atoms with van der Waals surface area (Å²) in [7, 11) is 1.95. The van der Waals surface area contributed by atoms with Crippen LogP contribution in [0.15, 0.2) is 42.5 Å². The van der Waals surface area contributed by atoms with E-state index in [0.29, 0.717) is 21.9 Å². The van der Waals surface area contributed by atoms with Crippen molar-refractivity contribution in [3.63, 3.8) is 0 Å². The van der Waals surface area contributed by atoms with Crippen LogP contribution < -0.4 is 0 Å². The molecule has 3 atom stereocenters. The monoisotopic (exact) mass is 673 g/mol. The first kappa shape index (κ1) is 34.3. The summed E-state index contributed by atoms with van der Waals surface area (Å²) in [5.74, 6) is 0.566. The van der Waals surface area contributed by atoms with E-state index in [1.165, 1.54) is 16.6 Å². The van der Waals surface area contributed by atoms with Gasteiger partial charge in [-0.2, -0.15) is 0 Å². The van der Waals surface area contributed by atoms with E-state index in [2.05, 4.69) is 32.6 Å². The van der Waals surface area contributed by atoms with Crippen molar-refractivity contribution in [1.29, 1.82) is 0 Å². The predicted molar refractivity (Wildman–Crippen MR) is 183 cm³/mol. The predicted octanol–water partition coefficient (Wildman–Crippen LogP) is 8.76. The lowest BCUT2D eigenvalue weighted by atomic mass is 9.87. The van der Waals surface area contributed by atoms with Crippen LogP contribution in [-0.2, 0) is 22.4 Å². The van der Waals surface area contributed by atoms with Gasteiger partial charge in [0.2, 0.25) is 0 Å². The van der Waals surface area contributed by atoms with Gasteiger partial charge in [-0.1, -0.05) is 48.3 Å². The minimum atomic E-state index is -0.214. The summed E-state index contributed by atoms with van der Waals surface area (Å²) < 4.78 is 20.3. The zero-order chi connectivity index (χ0) is 32.3. The van der Waals surface area contributed by atoms with Crippen LogP contribution in [0.4, 0.5) is 4.39 Å². The minimum absolute atomic E-state index is 0.114. The molecule has 5 rings (SSSR count). The Balaban J connectivity index is 1.21. The summed E-state index contributed by atoms with van der Waals surface area (Å²) in [5, 5.41) is 2.27. The molecule has 1 aliphatic carbocycles. The molecule has 0 radical (unpaired) electrons. The van der Waals surface area contributed by atoms with Gasteiger partial charge in [-0.25, -0.2) is 9.37 Å². The van der Waals surface area contributed by atoms with E-state index >= 15 is 0 Å². The number of rotatable bonds is 10. The number of benzene rings is 2. The number of esters is 1. The van der Waals surface area contributed by atoms with Crippen molar-refractivity contribution in [2.45, 2.75) is 89.7 Å². The highest BCUT2D eigenvalue weighted by atomic mass is 35.5. The number of thiazole rings is 1. The number of aryl methyl sites for hydroxylation is 1. The molecule has 5 nitrogen and oxygen atoms in total. The first-order valence-electron chi connectivity index (χ1n) is 16.2. The van der Waals surface area contributed by atoms with Crippen molar-refractivity contribution in [1.82, 2.24) is 14.8 Å². The Morgan fingerprint density at radius 1 is 1.11 bits per heavy atom. The average Bonchev–Trinajstić information content (AvgIpc) is 3.58. The Kier molecular flexibility index (Phi) is 11.3. The van der Waals surface area contributed by atoms with Gasteiger partial charge in [0.25, 0.3) is 0 Å². The van der Waals surface area contributed by atoms with Crippen molar-refractivity contribution in [2.24, 2.45) is 5.92 Å². The smallest absolute Gasteiger partial charge is 0.320 e. The molecule has 1 saturated carbocycles. The lowest BCUT2D eigenvalue weighted by molar-refractivity contribution is -0.151. The SMILES string of the molecule is CCc1nc(Cc2ccc(Cl)c(Cl)c2)sc1C1CCN(C[C@H]2C[C@H](OC(=O)CN(C)C(C)(C)C)C[C@@H]2c2cccc(F)c2)CC1. The quantitative estimate of drug-likeness (QED) is 0.201. The van der Waals surface area contributed by atoms with E-state index in [4.69, 9.17) is 32.9 Å². The number of nitrogens with zero attached hydrogens (tertiary/aromatic N) is 3. The summed E-state index contributed by atoms with van der Waals surface area (Å²) in [6.07, 6.45) is 5.26. The van der Waals surface area contributed by atoms with Gasteiger partial charge < -0.3 is 9.64 Å². The standard InChI is InChI=1S/C36H46Cl2FN3O2S/c1-6-32-35(45-33(40-32)17-23-10-11-30(37)31(38)16-23)24-12-14-42(15-13-24)21-26-19-28(44-34(43)22-41(5)36(2,3)4)20-29(26)25-8-7-9-27(39)18-25/h7-11,16,18,24,26,28-29H,6,12-15,17,19-22H2,1-5H3/t26-,28+,29-/m1/s1. The first-order chi connectivity index (χ1) is 21.4. The molecule has 0 spiro atoms. The highest BCUT2D eigenvalue weighted by molar-refractivity contribution is 7.11. The molecular weight excluding hydrogens is 628 g/mol. The maximum absolute atomic E-state index is 14.3. The van der Waals surface area contributed by atoms with E-state index in [0.717, 1.165) is 74.3 Å². The van der Waals surface area contributed by atoms with Crippen LogP contribution in [0.25, 0.3) is 0 Å². The van der Waals surface area contributed by atoms with Gasteiger partial charge in [0.05, 0.1) is 27.3 Å². The van der Waals surface area contributed by atoms with Gasteiger partial charge in [-0.05, 0) is 126 Å². The van der Waals surface area contributed by atoms with Crippen molar-refractivity contribution in [2.75, 3.05) is 33.2 Å². The number of halogens is 3. The number of hydrogen-bond acceptors (Lipinski definition) is 6. The normalized spacial score (nSPS) is 21.5. The van der Waals surface area contributed by atoms with Gasteiger partial charge >= 0.3 is 5.97 Å². The molecule has 3 aromatic rings. The molecule has 0 bridgehead atoms.